The molecule has 0 spiro atoms. The normalized spacial score (nSPS) is 15.1. The van der Waals surface area contributed by atoms with E-state index in [9.17, 15) is 0 Å². The van der Waals surface area contributed by atoms with E-state index in [1.807, 2.05) is 12.1 Å². The van der Waals surface area contributed by atoms with Crippen LogP contribution in [0.1, 0.15) is 34.8 Å². The minimum atomic E-state index is -0.238. The van der Waals surface area contributed by atoms with Crippen LogP contribution in [0.5, 0.6) is 5.75 Å². The van der Waals surface area contributed by atoms with Crippen molar-refractivity contribution in [1.29, 1.82) is 0 Å². The zero-order valence-corrected chi connectivity index (χ0v) is 12.9. The van der Waals surface area contributed by atoms with Crippen LogP contribution in [0.2, 0.25) is 0 Å². The van der Waals surface area contributed by atoms with Gasteiger partial charge < -0.3 is 9.15 Å². The lowest BCUT2D eigenvalue weighted by Crippen LogP contribution is -1.99. The molecule has 0 saturated heterocycles. The van der Waals surface area contributed by atoms with Crippen LogP contribution in [0, 0.1) is 0 Å². The predicted molar refractivity (Wildman–Crippen MR) is 79.1 cm³/mol. The van der Waals surface area contributed by atoms with Gasteiger partial charge >= 0.3 is 0 Å². The Morgan fingerprint density at radius 3 is 3.00 bits per heavy atom. The third-order valence-corrected chi connectivity index (χ3v) is 4.35. The fourth-order valence-corrected chi connectivity index (χ4v) is 3.40. The van der Waals surface area contributed by atoms with Crippen molar-refractivity contribution in [3.8, 4) is 5.75 Å². The van der Waals surface area contributed by atoms with E-state index in [2.05, 4.69) is 28.9 Å². The minimum absolute atomic E-state index is 0.238. The van der Waals surface area contributed by atoms with Crippen molar-refractivity contribution in [2.45, 2.75) is 25.1 Å². The van der Waals surface area contributed by atoms with Gasteiger partial charge in [-0.05, 0) is 23.8 Å². The number of fused-ring (bicyclic) bond motifs is 1. The molecule has 19 heavy (non-hydrogen) atoms. The van der Waals surface area contributed by atoms with E-state index in [0.29, 0.717) is 0 Å². The third-order valence-electron chi connectivity index (χ3n) is 3.42. The van der Waals surface area contributed by atoms with Crippen molar-refractivity contribution in [1.82, 2.24) is 0 Å². The van der Waals surface area contributed by atoms with Gasteiger partial charge in [-0.2, -0.15) is 0 Å². The summed E-state index contributed by atoms with van der Waals surface area (Å²) < 4.78 is 12.3. The van der Waals surface area contributed by atoms with E-state index in [1.54, 1.807) is 6.26 Å². The lowest BCUT2D eigenvalue weighted by molar-refractivity contribution is 0.353. The molecule has 0 fully saturated rings. The summed E-state index contributed by atoms with van der Waals surface area (Å²) in [6, 6.07) is 6.08. The van der Waals surface area contributed by atoms with Crippen molar-refractivity contribution in [2.24, 2.45) is 0 Å². The molecule has 1 aromatic carbocycles. The largest absolute Gasteiger partial charge is 0.493 e. The Bertz CT molecular complexity index is 606. The number of halogens is 2. The monoisotopic (exact) mass is 340 g/mol. The maximum Gasteiger partial charge on any atom is 0.127 e. The fraction of sp³-hybridized carbons (Fsp3) is 0.333. The van der Waals surface area contributed by atoms with Crippen LogP contribution in [0.15, 0.2) is 33.4 Å². The molecule has 100 valence electrons. The Labute approximate surface area is 125 Å². The first kappa shape index (κ1) is 13.1. The van der Waals surface area contributed by atoms with Crippen LogP contribution in [-0.4, -0.2) is 6.61 Å². The van der Waals surface area contributed by atoms with Gasteiger partial charge in [0.05, 0.1) is 18.2 Å². The molecule has 1 aliphatic heterocycles. The van der Waals surface area contributed by atoms with Crippen molar-refractivity contribution in [3.05, 3.63) is 51.4 Å². The Morgan fingerprint density at radius 1 is 1.37 bits per heavy atom. The van der Waals surface area contributed by atoms with Gasteiger partial charge in [0.1, 0.15) is 11.5 Å². The standard InChI is InChI=1S/C15H14BrClO2/c1-2-13-11(4-6-18-13)14(17)12-8-10(16)7-9-3-5-19-15(9)12/h4,6-8,14H,2-3,5H2,1H3. The summed E-state index contributed by atoms with van der Waals surface area (Å²) >= 11 is 10.2. The molecule has 0 saturated carbocycles. The van der Waals surface area contributed by atoms with Crippen LogP contribution in [0.25, 0.3) is 0 Å². The van der Waals surface area contributed by atoms with Gasteiger partial charge in [-0.3, -0.25) is 0 Å². The molecule has 1 atom stereocenters. The van der Waals surface area contributed by atoms with Crippen molar-refractivity contribution >= 4 is 27.5 Å². The van der Waals surface area contributed by atoms with E-state index in [4.69, 9.17) is 20.8 Å². The summed E-state index contributed by atoms with van der Waals surface area (Å²) in [5, 5.41) is -0.238. The first-order valence-corrected chi connectivity index (χ1v) is 7.59. The highest BCUT2D eigenvalue weighted by molar-refractivity contribution is 9.10. The fourth-order valence-electron chi connectivity index (χ4n) is 2.52. The molecular formula is C15H14BrClO2. The van der Waals surface area contributed by atoms with Gasteiger partial charge in [0.15, 0.2) is 0 Å². The van der Waals surface area contributed by atoms with Crippen LogP contribution in [-0.2, 0) is 12.8 Å². The lowest BCUT2D eigenvalue weighted by atomic mass is 10.0. The van der Waals surface area contributed by atoms with E-state index in [0.717, 1.165) is 46.6 Å². The number of furan rings is 1. The molecule has 0 aliphatic carbocycles. The highest BCUT2D eigenvalue weighted by Gasteiger charge is 2.25. The molecule has 0 radical (unpaired) electrons. The molecule has 2 nitrogen and oxygen atoms in total. The summed E-state index contributed by atoms with van der Waals surface area (Å²) in [7, 11) is 0. The van der Waals surface area contributed by atoms with E-state index >= 15 is 0 Å². The number of benzene rings is 1. The number of aryl methyl sites for hydroxylation is 1. The first-order valence-electron chi connectivity index (χ1n) is 6.36. The van der Waals surface area contributed by atoms with Gasteiger partial charge in [-0.25, -0.2) is 0 Å². The van der Waals surface area contributed by atoms with Crippen LogP contribution < -0.4 is 4.74 Å². The molecule has 3 rings (SSSR count). The second-order valence-electron chi connectivity index (χ2n) is 4.60. The molecule has 1 aliphatic rings. The zero-order valence-electron chi connectivity index (χ0n) is 10.6. The summed E-state index contributed by atoms with van der Waals surface area (Å²) in [6.45, 7) is 2.79. The second kappa shape index (κ2) is 5.22. The number of alkyl halides is 1. The average Bonchev–Trinajstić information content (AvgIpc) is 3.04. The number of hydrogen-bond donors (Lipinski definition) is 0. The minimum Gasteiger partial charge on any atom is -0.493 e. The number of hydrogen-bond acceptors (Lipinski definition) is 2. The summed E-state index contributed by atoms with van der Waals surface area (Å²) in [5.41, 5.74) is 3.26. The maximum atomic E-state index is 6.65. The highest BCUT2D eigenvalue weighted by atomic mass is 79.9. The van der Waals surface area contributed by atoms with E-state index in [1.165, 1.54) is 5.56 Å². The summed E-state index contributed by atoms with van der Waals surface area (Å²) in [6.07, 6.45) is 3.47. The Hall–Kier alpha value is -0.930. The van der Waals surface area contributed by atoms with Gasteiger partial charge in [-0.1, -0.05) is 22.9 Å². The Morgan fingerprint density at radius 2 is 2.21 bits per heavy atom. The van der Waals surface area contributed by atoms with Crippen molar-refractivity contribution in [2.75, 3.05) is 6.61 Å². The number of ether oxygens (including phenoxy) is 1. The Kier molecular flexibility index (Phi) is 3.59. The molecule has 2 heterocycles. The Balaban J connectivity index is 2.07. The quantitative estimate of drug-likeness (QED) is 0.743. The summed E-state index contributed by atoms with van der Waals surface area (Å²) in [5.74, 6) is 1.87. The van der Waals surface area contributed by atoms with E-state index < -0.39 is 0 Å². The average molecular weight is 342 g/mol. The van der Waals surface area contributed by atoms with Gasteiger partial charge in [0.25, 0.3) is 0 Å². The second-order valence-corrected chi connectivity index (χ2v) is 5.95. The van der Waals surface area contributed by atoms with E-state index in [-0.39, 0.29) is 5.38 Å². The van der Waals surface area contributed by atoms with Gasteiger partial charge in [0.2, 0.25) is 0 Å². The van der Waals surface area contributed by atoms with Crippen molar-refractivity contribution < 1.29 is 9.15 Å². The molecule has 2 aromatic rings. The first-order chi connectivity index (χ1) is 9.20. The summed E-state index contributed by atoms with van der Waals surface area (Å²) in [4.78, 5) is 0. The number of rotatable bonds is 3. The maximum absolute atomic E-state index is 6.65. The predicted octanol–water partition coefficient (Wildman–Crippen LogP) is 4.87. The van der Waals surface area contributed by atoms with Gasteiger partial charge in [-0.15, -0.1) is 11.6 Å². The van der Waals surface area contributed by atoms with Crippen molar-refractivity contribution in [3.63, 3.8) is 0 Å². The molecule has 0 bridgehead atoms. The molecule has 4 heteroatoms. The molecule has 1 unspecified atom stereocenters. The smallest absolute Gasteiger partial charge is 0.127 e. The molecule has 0 N–H and O–H groups in total. The molecule has 1 aromatic heterocycles. The zero-order chi connectivity index (χ0) is 13.4. The topological polar surface area (TPSA) is 22.4 Å². The van der Waals surface area contributed by atoms with Crippen LogP contribution in [0.3, 0.4) is 0 Å². The van der Waals surface area contributed by atoms with Gasteiger partial charge in [0, 0.05) is 28.4 Å². The lowest BCUT2D eigenvalue weighted by Gasteiger charge is -2.14. The van der Waals surface area contributed by atoms with Crippen LogP contribution in [0.4, 0.5) is 0 Å². The van der Waals surface area contributed by atoms with Crippen LogP contribution >= 0.6 is 27.5 Å². The SMILES string of the molecule is CCc1occc1C(Cl)c1cc(Br)cc2c1OCC2. The molecular weight excluding hydrogens is 328 g/mol. The molecule has 0 amide bonds. The third kappa shape index (κ3) is 2.30. The highest BCUT2D eigenvalue weighted by Crippen LogP contribution is 2.42.